The molecule has 0 amide bonds. The van der Waals surface area contributed by atoms with Crippen molar-refractivity contribution in [3.8, 4) is 0 Å². The number of rotatable bonds is 16. The number of hydrogen-bond acceptors (Lipinski definition) is 13. The third-order valence-corrected chi connectivity index (χ3v) is 16.6. The fourth-order valence-electron chi connectivity index (χ4n) is 6.64. The number of hydrogen-bond donors (Lipinski definition) is 4. The first kappa shape index (κ1) is 44.6. The van der Waals surface area contributed by atoms with Gasteiger partial charge in [0.15, 0.2) is 37.0 Å². The van der Waals surface area contributed by atoms with Crippen LogP contribution in [0.3, 0.4) is 0 Å². The van der Waals surface area contributed by atoms with Crippen LogP contribution in [-0.4, -0.2) is 120 Å². The van der Waals surface area contributed by atoms with Crippen LogP contribution in [0.15, 0.2) is 65.2 Å². The van der Waals surface area contributed by atoms with Crippen molar-refractivity contribution < 1.29 is 73.3 Å². The van der Waals surface area contributed by atoms with Crippen molar-refractivity contribution in [2.24, 2.45) is 0 Å². The molecule has 306 valence electrons. The molecular formula is C31H41N2O16S6+. The first-order valence-electron chi connectivity index (χ1n) is 16.1. The Morgan fingerprint density at radius 1 is 0.673 bits per heavy atom. The zero-order valence-electron chi connectivity index (χ0n) is 29.9. The molecule has 2 heterocycles. The lowest BCUT2D eigenvalue weighted by molar-refractivity contribution is -0.432. The number of benzene rings is 2. The third-order valence-electron chi connectivity index (χ3n) is 9.16. The molecule has 2 aromatic rings. The molecule has 55 heavy (non-hydrogen) atoms. The van der Waals surface area contributed by atoms with Crippen molar-refractivity contribution in [1.82, 2.24) is 0 Å². The summed E-state index contributed by atoms with van der Waals surface area (Å²) in [5.41, 5.74) is 0.805. The van der Waals surface area contributed by atoms with Crippen molar-refractivity contribution in [2.45, 2.75) is 49.2 Å². The Morgan fingerprint density at radius 2 is 1.27 bits per heavy atom. The molecule has 0 unspecified atom stereocenters. The van der Waals surface area contributed by atoms with Gasteiger partial charge in [-0.2, -0.15) is 38.2 Å². The molecule has 0 fully saturated rings. The predicted octanol–water partition coefficient (Wildman–Crippen LogP) is 1.50. The van der Waals surface area contributed by atoms with E-state index in [1.165, 1.54) is 36.4 Å². The van der Waals surface area contributed by atoms with E-state index in [0.717, 1.165) is 0 Å². The second-order valence-corrected chi connectivity index (χ2v) is 24.9. The quantitative estimate of drug-likeness (QED) is 0.137. The molecule has 2 aromatic carbocycles. The number of nitrogens with zero attached hydrogens (tertiary/aromatic N) is 2. The molecule has 0 spiro atoms. The van der Waals surface area contributed by atoms with Crippen LogP contribution in [0, 0.1) is 0 Å². The summed E-state index contributed by atoms with van der Waals surface area (Å²) < 4.78 is 182. The van der Waals surface area contributed by atoms with E-state index < -0.39 is 105 Å². The van der Waals surface area contributed by atoms with Gasteiger partial charge < -0.3 is 4.90 Å². The summed E-state index contributed by atoms with van der Waals surface area (Å²) in [7, 11) is -26.9. The first-order chi connectivity index (χ1) is 24.7. The molecule has 24 heteroatoms. The monoisotopic (exact) mass is 889 g/mol. The summed E-state index contributed by atoms with van der Waals surface area (Å²) in [4.78, 5) is 1.33. The fourth-order valence-corrected chi connectivity index (χ4v) is 12.8. The van der Waals surface area contributed by atoms with Crippen LogP contribution in [0.2, 0.25) is 0 Å². The Bertz CT molecular complexity index is 2680. The van der Waals surface area contributed by atoms with Gasteiger partial charge >= 0.3 is 0 Å². The average molecular weight is 890 g/mol. The summed E-state index contributed by atoms with van der Waals surface area (Å²) in [5.74, 6) is -4.11. The molecule has 2 aliphatic rings. The molecule has 0 bridgehead atoms. The number of allylic oxidation sites excluding steroid dienone is 4. The second-order valence-electron chi connectivity index (χ2n) is 14.1. The molecule has 2 aliphatic heterocycles. The minimum Gasteiger partial charge on any atom is -0.343 e. The molecule has 0 atom stereocenters. The minimum atomic E-state index is -4.85. The van der Waals surface area contributed by atoms with Gasteiger partial charge in [0.1, 0.15) is 5.75 Å². The van der Waals surface area contributed by atoms with Crippen LogP contribution in [0.1, 0.15) is 44.4 Å². The van der Waals surface area contributed by atoms with Crippen molar-refractivity contribution in [3.63, 3.8) is 0 Å². The van der Waals surface area contributed by atoms with E-state index >= 15 is 0 Å². The van der Waals surface area contributed by atoms with Gasteiger partial charge in [-0.25, -0.2) is 16.8 Å². The Kier molecular flexibility index (Phi) is 12.2. The lowest BCUT2D eigenvalue weighted by Crippen LogP contribution is -2.30. The third kappa shape index (κ3) is 11.1. The Hall–Kier alpha value is -3.07. The molecule has 4 N–H and O–H groups in total. The highest BCUT2D eigenvalue weighted by molar-refractivity contribution is 8.05. The summed E-state index contributed by atoms with van der Waals surface area (Å²) in [6.45, 7) is 6.40. The van der Waals surface area contributed by atoms with Gasteiger partial charge in [-0.1, -0.05) is 32.1 Å². The van der Waals surface area contributed by atoms with E-state index in [1.807, 2.05) is 0 Å². The van der Waals surface area contributed by atoms with Crippen molar-refractivity contribution in [2.75, 3.05) is 46.1 Å². The maximum Gasteiger partial charge on any atom is 0.279 e. The van der Waals surface area contributed by atoms with Gasteiger partial charge in [-0.3, -0.25) is 18.2 Å². The molecule has 0 saturated heterocycles. The van der Waals surface area contributed by atoms with Crippen LogP contribution in [0.25, 0.3) is 0 Å². The minimum absolute atomic E-state index is 0.178. The lowest BCUT2D eigenvalue weighted by atomic mass is 9.81. The maximum atomic E-state index is 13.0. The Balaban J connectivity index is 1.82. The topological polar surface area (TPSA) is 292 Å². The van der Waals surface area contributed by atoms with Gasteiger partial charge in [0, 0.05) is 41.1 Å². The van der Waals surface area contributed by atoms with Crippen molar-refractivity contribution in [1.29, 1.82) is 0 Å². The van der Waals surface area contributed by atoms with E-state index in [1.54, 1.807) is 55.4 Å². The number of sulfone groups is 2. The molecule has 0 aliphatic carbocycles. The highest BCUT2D eigenvalue weighted by Gasteiger charge is 2.46. The summed E-state index contributed by atoms with van der Waals surface area (Å²) >= 11 is 0. The van der Waals surface area contributed by atoms with E-state index in [0.29, 0.717) is 33.9 Å². The first-order valence-corrected chi connectivity index (χ1v) is 26.0. The van der Waals surface area contributed by atoms with Gasteiger partial charge in [0.25, 0.3) is 40.5 Å². The highest BCUT2D eigenvalue weighted by Crippen LogP contribution is 2.48. The predicted molar refractivity (Wildman–Crippen MR) is 204 cm³/mol. The van der Waals surface area contributed by atoms with E-state index in [2.05, 4.69) is 0 Å². The normalized spacial score (nSPS) is 18.3. The Morgan fingerprint density at radius 3 is 1.84 bits per heavy atom. The molecule has 4 rings (SSSR count). The average Bonchev–Trinajstić information content (AvgIpc) is 3.33. The number of anilines is 1. The second kappa shape index (κ2) is 15.0. The van der Waals surface area contributed by atoms with Gasteiger partial charge in [0.05, 0.1) is 33.3 Å². The SMILES string of the molecule is CC1(C)C(C=C/C=C2/N(CCS(=O)(=O)O)c3ccc(CS(=O)(=O)CS(=O)(=O)O)cc3C2(C)C)=[N+](CCS(=O)(=O)O)c2ccc(S(=O)(=O)CCS(=O)(=O)O)cc21. The van der Waals surface area contributed by atoms with Crippen LogP contribution in [-0.2, 0) is 76.7 Å². The van der Waals surface area contributed by atoms with Gasteiger partial charge in [-0.05, 0) is 49.2 Å². The van der Waals surface area contributed by atoms with Crippen LogP contribution < -0.4 is 4.90 Å². The van der Waals surface area contributed by atoms with Gasteiger partial charge in [-0.15, -0.1) is 0 Å². The summed E-state index contributed by atoms with van der Waals surface area (Å²) in [5, 5.41) is -1.50. The van der Waals surface area contributed by atoms with Crippen LogP contribution in [0.4, 0.5) is 11.4 Å². The zero-order valence-corrected chi connectivity index (χ0v) is 34.8. The zero-order chi connectivity index (χ0) is 41.8. The lowest BCUT2D eigenvalue weighted by Gasteiger charge is -2.26. The molecule has 0 radical (unpaired) electrons. The van der Waals surface area contributed by atoms with Crippen molar-refractivity contribution in [3.05, 3.63) is 77.0 Å². The van der Waals surface area contributed by atoms with Crippen LogP contribution >= 0.6 is 0 Å². The molecule has 0 aromatic heterocycles. The van der Waals surface area contributed by atoms with E-state index in [9.17, 15) is 59.6 Å². The van der Waals surface area contributed by atoms with Crippen molar-refractivity contribution >= 4 is 77.2 Å². The highest BCUT2D eigenvalue weighted by atomic mass is 32.3. The summed E-state index contributed by atoms with van der Waals surface area (Å²) in [6.07, 6.45) is 4.77. The Labute approximate surface area is 321 Å². The standard InChI is InChI=1S/C31H40N2O16S6/c1-30(2)24-18-22(20-50(34,35)21-55(47,48)49)8-10-26(24)32(12-14-52(38,39)40)28(30)6-5-7-29-31(3,4)25-19-23(51(36,37)16-17-54(44,45)46)9-11-27(25)33(29)13-15-53(41,42)43/h5-11,18-19H,12-17,20-21H2,1-4H3,(H3-,38,39,40,41,42,43,44,45,46,47,48,49)/p+1. The maximum absolute atomic E-state index is 13.0. The van der Waals surface area contributed by atoms with Crippen LogP contribution in [0.5, 0.6) is 0 Å². The van der Waals surface area contributed by atoms with Gasteiger partial charge in [0.2, 0.25) is 5.69 Å². The molecular weight excluding hydrogens is 849 g/mol. The smallest absolute Gasteiger partial charge is 0.279 e. The van der Waals surface area contributed by atoms with E-state index in [-0.39, 0.29) is 23.5 Å². The molecule has 0 saturated carbocycles. The summed E-state index contributed by atoms with van der Waals surface area (Å²) in [6, 6.07) is 8.34. The molecule has 18 nitrogen and oxygen atoms in total. The largest absolute Gasteiger partial charge is 0.343 e. The fraction of sp³-hybridized carbons (Fsp3) is 0.452. The van der Waals surface area contributed by atoms with E-state index in [4.69, 9.17) is 9.11 Å². The number of fused-ring (bicyclic) bond motifs is 2.